The zero-order chi connectivity index (χ0) is 15.7. The van der Waals surface area contributed by atoms with Gasteiger partial charge in [-0.1, -0.05) is 6.07 Å². The Morgan fingerprint density at radius 2 is 2.05 bits per heavy atom. The maximum Gasteiger partial charge on any atom is 0.258 e. The van der Waals surface area contributed by atoms with E-state index in [0.717, 1.165) is 11.4 Å². The lowest BCUT2D eigenvalue weighted by atomic mass is 10.4. The number of pyridine rings is 1. The van der Waals surface area contributed by atoms with Gasteiger partial charge in [-0.25, -0.2) is 23.1 Å². The van der Waals surface area contributed by atoms with E-state index in [9.17, 15) is 8.42 Å². The Labute approximate surface area is 128 Å². The first-order valence-electron chi connectivity index (χ1n) is 6.89. The minimum atomic E-state index is -3.60. The number of fused-ring (bicyclic) bond motifs is 1. The van der Waals surface area contributed by atoms with Gasteiger partial charge in [0.05, 0.1) is 18.2 Å². The standard InChI is InChI=1S/C14H17N5O2S/c1-11-12(2)18(10-16-11)8-6-17-22(20,21)14-9-15-13-5-3-4-7-19(13)14/h3-5,7,9-10,17H,6,8H2,1-2H3. The van der Waals surface area contributed by atoms with Gasteiger partial charge in [0.15, 0.2) is 5.03 Å². The molecule has 8 heteroatoms. The number of hydrogen-bond donors (Lipinski definition) is 1. The Bertz CT molecular complexity index is 910. The van der Waals surface area contributed by atoms with E-state index in [1.165, 1.54) is 6.20 Å². The second-order valence-electron chi connectivity index (χ2n) is 5.03. The van der Waals surface area contributed by atoms with Crippen molar-refractivity contribution in [1.82, 2.24) is 23.7 Å². The van der Waals surface area contributed by atoms with Gasteiger partial charge in [0.25, 0.3) is 10.0 Å². The first-order valence-corrected chi connectivity index (χ1v) is 8.37. The molecule has 22 heavy (non-hydrogen) atoms. The lowest BCUT2D eigenvalue weighted by Gasteiger charge is -2.08. The van der Waals surface area contributed by atoms with Gasteiger partial charge in [0.2, 0.25) is 0 Å². The Morgan fingerprint density at radius 1 is 1.23 bits per heavy atom. The van der Waals surface area contributed by atoms with Crippen LogP contribution in [0.4, 0.5) is 0 Å². The molecule has 116 valence electrons. The number of nitrogens with zero attached hydrogens (tertiary/aromatic N) is 4. The number of hydrogen-bond acceptors (Lipinski definition) is 4. The van der Waals surface area contributed by atoms with Crippen molar-refractivity contribution in [3.05, 3.63) is 48.3 Å². The van der Waals surface area contributed by atoms with E-state index >= 15 is 0 Å². The largest absolute Gasteiger partial charge is 0.333 e. The smallest absolute Gasteiger partial charge is 0.258 e. The fourth-order valence-electron chi connectivity index (χ4n) is 2.25. The minimum Gasteiger partial charge on any atom is -0.333 e. The first-order chi connectivity index (χ1) is 10.5. The Hall–Kier alpha value is -2.19. The molecule has 3 aromatic rings. The average Bonchev–Trinajstić information content (AvgIpc) is 3.06. The normalized spacial score (nSPS) is 12.1. The zero-order valence-corrected chi connectivity index (χ0v) is 13.2. The molecule has 0 aliphatic heterocycles. The van der Waals surface area contributed by atoms with Crippen LogP contribution >= 0.6 is 0 Å². The first kappa shape index (κ1) is 14.7. The third-order valence-electron chi connectivity index (χ3n) is 3.65. The lowest BCUT2D eigenvalue weighted by Crippen LogP contribution is -2.28. The quantitative estimate of drug-likeness (QED) is 0.764. The lowest BCUT2D eigenvalue weighted by molar-refractivity contribution is 0.566. The predicted octanol–water partition coefficient (Wildman–Crippen LogP) is 1.13. The summed E-state index contributed by atoms with van der Waals surface area (Å²) in [4.78, 5) is 8.29. The van der Waals surface area contributed by atoms with Crippen molar-refractivity contribution in [3.8, 4) is 0 Å². The van der Waals surface area contributed by atoms with E-state index in [1.807, 2.05) is 24.5 Å². The van der Waals surface area contributed by atoms with Gasteiger partial charge >= 0.3 is 0 Å². The summed E-state index contributed by atoms with van der Waals surface area (Å²) in [6.45, 7) is 4.71. The van der Waals surface area contributed by atoms with Gasteiger partial charge in [-0.15, -0.1) is 0 Å². The molecule has 0 aromatic carbocycles. The van der Waals surface area contributed by atoms with Gasteiger partial charge in [0, 0.05) is 25.0 Å². The molecule has 0 aliphatic rings. The van der Waals surface area contributed by atoms with Gasteiger partial charge in [0.1, 0.15) is 5.65 Å². The highest BCUT2D eigenvalue weighted by molar-refractivity contribution is 7.89. The molecule has 0 radical (unpaired) electrons. The Kier molecular flexibility index (Phi) is 3.71. The average molecular weight is 319 g/mol. The summed E-state index contributed by atoms with van der Waals surface area (Å²) in [5.41, 5.74) is 2.59. The van der Waals surface area contributed by atoms with Crippen molar-refractivity contribution in [3.63, 3.8) is 0 Å². The van der Waals surface area contributed by atoms with E-state index in [0.29, 0.717) is 18.7 Å². The topological polar surface area (TPSA) is 81.3 Å². The van der Waals surface area contributed by atoms with E-state index < -0.39 is 10.0 Å². The van der Waals surface area contributed by atoms with Gasteiger partial charge < -0.3 is 4.57 Å². The van der Waals surface area contributed by atoms with E-state index in [-0.39, 0.29) is 5.03 Å². The molecule has 0 atom stereocenters. The summed E-state index contributed by atoms with van der Waals surface area (Å²) in [5.74, 6) is 0. The monoisotopic (exact) mass is 319 g/mol. The summed E-state index contributed by atoms with van der Waals surface area (Å²) >= 11 is 0. The Balaban J connectivity index is 1.75. The number of rotatable bonds is 5. The van der Waals surface area contributed by atoms with E-state index in [4.69, 9.17) is 0 Å². The molecule has 0 fully saturated rings. The van der Waals surface area contributed by atoms with Crippen molar-refractivity contribution in [1.29, 1.82) is 0 Å². The highest BCUT2D eigenvalue weighted by Gasteiger charge is 2.18. The number of nitrogens with one attached hydrogen (secondary N) is 1. The summed E-state index contributed by atoms with van der Waals surface area (Å²) in [7, 11) is -3.60. The number of aromatic nitrogens is 4. The summed E-state index contributed by atoms with van der Waals surface area (Å²) < 4.78 is 30.9. The molecule has 7 nitrogen and oxygen atoms in total. The number of aryl methyl sites for hydroxylation is 1. The van der Waals surface area contributed by atoms with Crippen LogP contribution in [0.2, 0.25) is 0 Å². The highest BCUT2D eigenvalue weighted by Crippen LogP contribution is 2.11. The molecule has 0 aliphatic carbocycles. The fraction of sp³-hybridized carbons (Fsp3) is 0.286. The molecule has 3 heterocycles. The molecule has 3 aromatic heterocycles. The molecule has 1 N–H and O–H groups in total. The SMILES string of the molecule is Cc1ncn(CCNS(=O)(=O)c2cnc3ccccn23)c1C. The van der Waals surface area contributed by atoms with Gasteiger partial charge in [-0.3, -0.25) is 4.40 Å². The van der Waals surface area contributed by atoms with Crippen LogP contribution in [0.5, 0.6) is 0 Å². The van der Waals surface area contributed by atoms with Crippen molar-refractivity contribution in [2.75, 3.05) is 6.54 Å². The van der Waals surface area contributed by atoms with E-state index in [2.05, 4.69) is 14.7 Å². The van der Waals surface area contributed by atoms with Crippen LogP contribution in [-0.2, 0) is 16.6 Å². The van der Waals surface area contributed by atoms with Crippen LogP contribution in [0.15, 0.2) is 41.9 Å². The molecule has 0 saturated heterocycles. The molecule has 0 bridgehead atoms. The second-order valence-corrected chi connectivity index (χ2v) is 6.75. The van der Waals surface area contributed by atoms with Crippen LogP contribution in [0, 0.1) is 13.8 Å². The van der Waals surface area contributed by atoms with Crippen LogP contribution in [0.3, 0.4) is 0 Å². The van der Waals surface area contributed by atoms with Crippen LogP contribution in [0.1, 0.15) is 11.4 Å². The third-order valence-corrected chi connectivity index (χ3v) is 5.09. The molecular formula is C14H17N5O2S. The predicted molar refractivity (Wildman–Crippen MR) is 82.1 cm³/mol. The maximum atomic E-state index is 12.4. The third kappa shape index (κ3) is 2.62. The summed E-state index contributed by atoms with van der Waals surface area (Å²) in [6, 6.07) is 5.35. The molecule has 3 rings (SSSR count). The van der Waals surface area contributed by atoms with Crippen molar-refractivity contribution in [2.24, 2.45) is 0 Å². The van der Waals surface area contributed by atoms with Crippen LogP contribution < -0.4 is 4.72 Å². The van der Waals surface area contributed by atoms with Crippen LogP contribution in [-0.4, -0.2) is 33.9 Å². The minimum absolute atomic E-state index is 0.140. The maximum absolute atomic E-state index is 12.4. The zero-order valence-electron chi connectivity index (χ0n) is 12.4. The summed E-state index contributed by atoms with van der Waals surface area (Å²) in [6.07, 6.45) is 4.76. The number of sulfonamides is 1. The van der Waals surface area contributed by atoms with Gasteiger partial charge in [-0.05, 0) is 26.0 Å². The molecule has 0 saturated carbocycles. The molecule has 0 amide bonds. The summed E-state index contributed by atoms with van der Waals surface area (Å²) in [5, 5.41) is 0.140. The van der Waals surface area contributed by atoms with Crippen molar-refractivity contribution >= 4 is 15.7 Å². The highest BCUT2D eigenvalue weighted by atomic mass is 32.2. The van der Waals surface area contributed by atoms with Crippen LogP contribution in [0.25, 0.3) is 5.65 Å². The number of imidazole rings is 2. The van der Waals surface area contributed by atoms with Crippen molar-refractivity contribution in [2.45, 2.75) is 25.4 Å². The molecule has 0 unspecified atom stereocenters. The van der Waals surface area contributed by atoms with Crippen molar-refractivity contribution < 1.29 is 8.42 Å². The molecular weight excluding hydrogens is 302 g/mol. The molecule has 0 spiro atoms. The Morgan fingerprint density at radius 3 is 2.77 bits per heavy atom. The van der Waals surface area contributed by atoms with Gasteiger partial charge in [-0.2, -0.15) is 0 Å². The van der Waals surface area contributed by atoms with E-state index in [1.54, 1.807) is 29.1 Å². The fourth-order valence-corrected chi connectivity index (χ4v) is 3.36. The second kappa shape index (κ2) is 5.54.